The van der Waals surface area contributed by atoms with Gasteiger partial charge >= 0.3 is 0 Å². The maximum atomic E-state index is 8.87. The summed E-state index contributed by atoms with van der Waals surface area (Å²) in [6.07, 6.45) is 1.71. The van der Waals surface area contributed by atoms with Crippen LogP contribution in [0.4, 0.5) is 5.82 Å². The molecule has 0 atom stereocenters. The second kappa shape index (κ2) is 3.96. The highest BCUT2D eigenvalue weighted by atomic mass is 16.3. The molecule has 0 fully saturated rings. The summed E-state index contributed by atoms with van der Waals surface area (Å²) in [5.74, 6) is 0.926. The van der Waals surface area contributed by atoms with Gasteiger partial charge in [0.15, 0.2) is 0 Å². The van der Waals surface area contributed by atoms with Crippen LogP contribution in [0, 0.1) is 0 Å². The highest BCUT2D eigenvalue weighted by molar-refractivity contribution is 5.40. The molecule has 1 N–H and O–H groups in total. The Bertz CT molecular complexity index is 287. The van der Waals surface area contributed by atoms with Crippen molar-refractivity contribution in [3.8, 4) is 0 Å². The topological polar surface area (TPSA) is 36.4 Å². The van der Waals surface area contributed by atoms with Crippen LogP contribution in [0.2, 0.25) is 0 Å². The van der Waals surface area contributed by atoms with Gasteiger partial charge in [0.2, 0.25) is 0 Å². The minimum absolute atomic E-state index is 0.0481. The number of aliphatic hydroxyl groups excluding tert-OH is 1. The van der Waals surface area contributed by atoms with E-state index in [1.165, 1.54) is 0 Å². The van der Waals surface area contributed by atoms with Gasteiger partial charge in [-0.2, -0.15) is 0 Å². The average Bonchev–Trinajstić information content (AvgIpc) is 2.15. The molecule has 3 heteroatoms. The fourth-order valence-electron chi connectivity index (χ4n) is 1.05. The molecule has 1 rings (SSSR count). The minimum Gasteiger partial charge on any atom is -0.392 e. The van der Waals surface area contributed by atoms with Crippen LogP contribution in [-0.2, 0) is 6.61 Å². The van der Waals surface area contributed by atoms with E-state index >= 15 is 0 Å². The maximum Gasteiger partial charge on any atom is 0.128 e. The number of nitrogens with zero attached hydrogens (tertiary/aromatic N) is 2. The van der Waals surface area contributed by atoms with Crippen molar-refractivity contribution in [1.82, 2.24) is 4.98 Å². The van der Waals surface area contributed by atoms with Gasteiger partial charge in [-0.25, -0.2) is 4.98 Å². The number of hydrogen-bond donors (Lipinski definition) is 1. The molecule has 1 aromatic heterocycles. The largest absolute Gasteiger partial charge is 0.392 e. The van der Waals surface area contributed by atoms with Crippen LogP contribution in [0.15, 0.2) is 18.3 Å². The van der Waals surface area contributed by atoms with Crippen LogP contribution >= 0.6 is 0 Å². The third kappa shape index (κ3) is 2.45. The SMILES string of the molecule is CN(c1ccc(CO)cn1)C(C)(C)C. The van der Waals surface area contributed by atoms with Crippen LogP contribution in [-0.4, -0.2) is 22.7 Å². The molecule has 0 aliphatic heterocycles. The Morgan fingerprint density at radius 1 is 1.36 bits per heavy atom. The van der Waals surface area contributed by atoms with Crippen LogP contribution < -0.4 is 4.90 Å². The Hall–Kier alpha value is -1.09. The summed E-state index contributed by atoms with van der Waals surface area (Å²) in [7, 11) is 2.01. The molecule has 0 aromatic carbocycles. The Balaban J connectivity index is 2.87. The molecule has 1 heterocycles. The predicted octanol–water partition coefficient (Wildman–Crippen LogP) is 1.81. The van der Waals surface area contributed by atoms with E-state index in [1.807, 2.05) is 19.2 Å². The second-order valence-corrected chi connectivity index (χ2v) is 4.41. The Labute approximate surface area is 85.4 Å². The number of hydrogen-bond acceptors (Lipinski definition) is 3. The van der Waals surface area contributed by atoms with Crippen molar-refractivity contribution in [3.05, 3.63) is 23.9 Å². The second-order valence-electron chi connectivity index (χ2n) is 4.41. The third-order valence-corrected chi connectivity index (χ3v) is 2.34. The lowest BCUT2D eigenvalue weighted by molar-refractivity contribution is 0.281. The minimum atomic E-state index is 0.0481. The molecule has 3 nitrogen and oxygen atoms in total. The van der Waals surface area contributed by atoms with Crippen molar-refractivity contribution < 1.29 is 5.11 Å². The van der Waals surface area contributed by atoms with Crippen molar-refractivity contribution in [2.24, 2.45) is 0 Å². The summed E-state index contributed by atoms with van der Waals surface area (Å²) in [5, 5.41) is 8.87. The zero-order valence-electron chi connectivity index (χ0n) is 9.28. The van der Waals surface area contributed by atoms with Gasteiger partial charge in [-0.15, -0.1) is 0 Å². The van der Waals surface area contributed by atoms with Crippen LogP contribution in [0.3, 0.4) is 0 Å². The summed E-state index contributed by atoms with van der Waals surface area (Å²) < 4.78 is 0. The lowest BCUT2D eigenvalue weighted by Gasteiger charge is -2.33. The van der Waals surface area contributed by atoms with Gasteiger partial charge in [0.05, 0.1) is 6.61 Å². The molecule has 0 bridgehead atoms. The molecular weight excluding hydrogens is 176 g/mol. The van der Waals surface area contributed by atoms with Gasteiger partial charge < -0.3 is 10.0 Å². The number of anilines is 1. The van der Waals surface area contributed by atoms with Crippen molar-refractivity contribution in [2.75, 3.05) is 11.9 Å². The molecule has 14 heavy (non-hydrogen) atoms. The van der Waals surface area contributed by atoms with Crippen molar-refractivity contribution >= 4 is 5.82 Å². The van der Waals surface area contributed by atoms with E-state index in [-0.39, 0.29) is 12.1 Å². The van der Waals surface area contributed by atoms with Crippen molar-refractivity contribution in [3.63, 3.8) is 0 Å². The first-order valence-electron chi connectivity index (χ1n) is 4.75. The number of aromatic nitrogens is 1. The highest BCUT2D eigenvalue weighted by Gasteiger charge is 2.17. The summed E-state index contributed by atoms with van der Waals surface area (Å²) in [4.78, 5) is 6.39. The van der Waals surface area contributed by atoms with E-state index in [4.69, 9.17) is 5.11 Å². The van der Waals surface area contributed by atoms with Gasteiger partial charge in [0.1, 0.15) is 5.82 Å². The van der Waals surface area contributed by atoms with Crippen molar-refractivity contribution in [2.45, 2.75) is 32.9 Å². The van der Waals surface area contributed by atoms with Gasteiger partial charge in [0, 0.05) is 18.8 Å². The molecule has 1 aromatic rings. The monoisotopic (exact) mass is 194 g/mol. The smallest absolute Gasteiger partial charge is 0.128 e. The summed E-state index contributed by atoms with van der Waals surface area (Å²) >= 11 is 0. The first-order valence-corrected chi connectivity index (χ1v) is 4.75. The van der Waals surface area contributed by atoms with E-state index in [9.17, 15) is 0 Å². The van der Waals surface area contributed by atoms with E-state index in [0.717, 1.165) is 11.4 Å². The number of rotatable bonds is 2. The molecule has 0 amide bonds. The maximum absolute atomic E-state index is 8.87. The third-order valence-electron chi connectivity index (χ3n) is 2.34. The molecule has 0 unspecified atom stereocenters. The molecular formula is C11H18N2O. The summed E-state index contributed by atoms with van der Waals surface area (Å²) in [5.41, 5.74) is 0.907. The standard InChI is InChI=1S/C11H18N2O/c1-11(2,3)13(4)10-6-5-9(8-14)7-12-10/h5-7,14H,8H2,1-4H3. The molecule has 0 radical (unpaired) electrons. The lowest BCUT2D eigenvalue weighted by atomic mass is 10.1. The van der Waals surface area contributed by atoms with Gasteiger partial charge in [-0.1, -0.05) is 6.07 Å². The van der Waals surface area contributed by atoms with Crippen LogP contribution in [0.25, 0.3) is 0 Å². The number of pyridine rings is 1. The van der Waals surface area contributed by atoms with Crippen LogP contribution in [0.5, 0.6) is 0 Å². The Kier molecular flexibility index (Phi) is 3.11. The van der Waals surface area contributed by atoms with Crippen molar-refractivity contribution in [1.29, 1.82) is 0 Å². The average molecular weight is 194 g/mol. The Morgan fingerprint density at radius 2 is 2.00 bits per heavy atom. The fourth-order valence-corrected chi connectivity index (χ4v) is 1.05. The van der Waals surface area contributed by atoms with E-state index in [0.29, 0.717) is 0 Å². The molecule has 0 saturated carbocycles. The zero-order chi connectivity index (χ0) is 10.8. The molecule has 0 spiro atoms. The van der Waals surface area contributed by atoms with Gasteiger partial charge in [-0.3, -0.25) is 0 Å². The lowest BCUT2D eigenvalue weighted by Crippen LogP contribution is -2.38. The molecule has 0 aliphatic carbocycles. The van der Waals surface area contributed by atoms with Crippen LogP contribution in [0.1, 0.15) is 26.3 Å². The van der Waals surface area contributed by atoms with Gasteiger partial charge in [-0.05, 0) is 32.4 Å². The first kappa shape index (κ1) is 11.0. The fraction of sp³-hybridized carbons (Fsp3) is 0.545. The van der Waals surface area contributed by atoms with E-state index in [1.54, 1.807) is 6.20 Å². The van der Waals surface area contributed by atoms with Gasteiger partial charge in [0.25, 0.3) is 0 Å². The normalized spacial score (nSPS) is 11.5. The summed E-state index contributed by atoms with van der Waals surface area (Å²) in [6, 6.07) is 3.82. The molecule has 78 valence electrons. The van der Waals surface area contributed by atoms with E-state index < -0.39 is 0 Å². The summed E-state index contributed by atoms with van der Waals surface area (Å²) in [6.45, 7) is 6.45. The predicted molar refractivity (Wildman–Crippen MR) is 58.3 cm³/mol. The molecule has 0 saturated heterocycles. The van der Waals surface area contributed by atoms with E-state index in [2.05, 4.69) is 30.7 Å². The quantitative estimate of drug-likeness (QED) is 0.780. The zero-order valence-corrected chi connectivity index (χ0v) is 9.28. The first-order chi connectivity index (χ1) is 6.45. The highest BCUT2D eigenvalue weighted by Crippen LogP contribution is 2.19. The molecule has 0 aliphatic rings. The Morgan fingerprint density at radius 3 is 2.36 bits per heavy atom. The number of aliphatic hydroxyl groups is 1.